The maximum Gasteiger partial charge on any atom is 0.118 e. The molecule has 0 aromatic heterocycles. The molecule has 0 aliphatic carbocycles. The molecule has 2 rings (SSSR count). The SMILES string of the molecule is CCCC(C)NC(c1ccccc1)c1ccc(OC)cc1. The summed E-state index contributed by atoms with van der Waals surface area (Å²) in [6.45, 7) is 4.48. The average molecular weight is 283 g/mol. The van der Waals surface area contributed by atoms with Crippen molar-refractivity contribution >= 4 is 0 Å². The lowest BCUT2D eigenvalue weighted by molar-refractivity contribution is 0.414. The van der Waals surface area contributed by atoms with Crippen LogP contribution in [0.15, 0.2) is 54.6 Å². The quantitative estimate of drug-likeness (QED) is 0.804. The summed E-state index contributed by atoms with van der Waals surface area (Å²) < 4.78 is 5.25. The van der Waals surface area contributed by atoms with E-state index in [9.17, 15) is 0 Å². The molecule has 21 heavy (non-hydrogen) atoms. The van der Waals surface area contributed by atoms with Crippen molar-refractivity contribution in [2.24, 2.45) is 0 Å². The van der Waals surface area contributed by atoms with Gasteiger partial charge in [0.2, 0.25) is 0 Å². The fraction of sp³-hybridized carbons (Fsp3) is 0.368. The van der Waals surface area contributed by atoms with Crippen LogP contribution in [0.4, 0.5) is 0 Å². The number of rotatable bonds is 7. The Morgan fingerprint density at radius 1 is 0.952 bits per heavy atom. The van der Waals surface area contributed by atoms with Crippen LogP contribution in [0, 0.1) is 0 Å². The van der Waals surface area contributed by atoms with Gasteiger partial charge in [-0.1, -0.05) is 55.8 Å². The van der Waals surface area contributed by atoms with Gasteiger partial charge < -0.3 is 10.1 Å². The van der Waals surface area contributed by atoms with Gasteiger partial charge in [-0.05, 0) is 36.6 Å². The Morgan fingerprint density at radius 3 is 2.14 bits per heavy atom. The molecule has 2 nitrogen and oxygen atoms in total. The maximum absolute atomic E-state index is 5.25. The van der Waals surface area contributed by atoms with E-state index in [2.05, 4.69) is 61.6 Å². The molecular weight excluding hydrogens is 258 g/mol. The molecule has 0 aliphatic heterocycles. The molecule has 1 N–H and O–H groups in total. The lowest BCUT2D eigenvalue weighted by Gasteiger charge is -2.24. The molecule has 0 aliphatic rings. The Morgan fingerprint density at radius 2 is 1.57 bits per heavy atom. The molecule has 2 unspecified atom stereocenters. The molecule has 2 atom stereocenters. The summed E-state index contributed by atoms with van der Waals surface area (Å²) in [6.07, 6.45) is 2.37. The lowest BCUT2D eigenvalue weighted by atomic mass is 9.97. The van der Waals surface area contributed by atoms with Crippen molar-refractivity contribution in [2.45, 2.75) is 38.8 Å². The van der Waals surface area contributed by atoms with Crippen LogP contribution >= 0.6 is 0 Å². The predicted octanol–water partition coefficient (Wildman–Crippen LogP) is 4.56. The fourth-order valence-corrected chi connectivity index (χ4v) is 2.63. The fourth-order valence-electron chi connectivity index (χ4n) is 2.63. The summed E-state index contributed by atoms with van der Waals surface area (Å²) in [7, 11) is 1.70. The summed E-state index contributed by atoms with van der Waals surface area (Å²) in [5.74, 6) is 0.896. The van der Waals surface area contributed by atoms with Crippen molar-refractivity contribution in [3.05, 3.63) is 65.7 Å². The predicted molar refractivity (Wildman–Crippen MR) is 88.8 cm³/mol. The van der Waals surface area contributed by atoms with Crippen LogP contribution in [0.25, 0.3) is 0 Å². The molecule has 0 amide bonds. The Bertz CT molecular complexity index is 521. The second-order valence-electron chi connectivity index (χ2n) is 5.47. The van der Waals surface area contributed by atoms with E-state index >= 15 is 0 Å². The van der Waals surface area contributed by atoms with Gasteiger partial charge in [-0.3, -0.25) is 0 Å². The van der Waals surface area contributed by atoms with Gasteiger partial charge in [0.1, 0.15) is 5.75 Å². The van der Waals surface area contributed by atoms with E-state index in [0.29, 0.717) is 6.04 Å². The second kappa shape index (κ2) is 7.84. The summed E-state index contributed by atoms with van der Waals surface area (Å²) >= 11 is 0. The highest BCUT2D eigenvalue weighted by Crippen LogP contribution is 2.25. The Kier molecular flexibility index (Phi) is 5.82. The highest BCUT2D eigenvalue weighted by molar-refractivity contribution is 5.35. The summed E-state index contributed by atoms with van der Waals surface area (Å²) in [5.41, 5.74) is 2.57. The molecule has 2 aromatic carbocycles. The average Bonchev–Trinajstić information content (AvgIpc) is 2.54. The van der Waals surface area contributed by atoms with Crippen molar-refractivity contribution in [1.82, 2.24) is 5.32 Å². The number of hydrogen-bond acceptors (Lipinski definition) is 2. The van der Waals surface area contributed by atoms with Gasteiger partial charge in [-0.2, -0.15) is 0 Å². The molecule has 0 saturated carbocycles. The number of benzene rings is 2. The molecule has 0 bridgehead atoms. The first-order valence-corrected chi connectivity index (χ1v) is 7.69. The molecule has 2 heteroatoms. The van der Waals surface area contributed by atoms with Crippen LogP contribution in [-0.2, 0) is 0 Å². The largest absolute Gasteiger partial charge is 0.497 e. The van der Waals surface area contributed by atoms with Crippen LogP contribution in [0.5, 0.6) is 5.75 Å². The number of ether oxygens (including phenoxy) is 1. The van der Waals surface area contributed by atoms with Crippen LogP contribution in [0.2, 0.25) is 0 Å². The smallest absolute Gasteiger partial charge is 0.118 e. The van der Waals surface area contributed by atoms with Crippen molar-refractivity contribution in [2.75, 3.05) is 7.11 Å². The van der Waals surface area contributed by atoms with E-state index in [1.54, 1.807) is 7.11 Å². The van der Waals surface area contributed by atoms with E-state index in [1.165, 1.54) is 24.0 Å². The van der Waals surface area contributed by atoms with Gasteiger partial charge in [0, 0.05) is 6.04 Å². The molecule has 0 radical (unpaired) electrons. The van der Waals surface area contributed by atoms with Gasteiger partial charge in [0.15, 0.2) is 0 Å². The van der Waals surface area contributed by atoms with Crippen molar-refractivity contribution in [1.29, 1.82) is 0 Å². The molecule has 0 heterocycles. The van der Waals surface area contributed by atoms with Crippen LogP contribution in [0.3, 0.4) is 0 Å². The third-order valence-electron chi connectivity index (χ3n) is 3.75. The maximum atomic E-state index is 5.25. The van der Waals surface area contributed by atoms with Crippen LogP contribution in [0.1, 0.15) is 43.9 Å². The molecule has 0 fully saturated rings. The van der Waals surface area contributed by atoms with Crippen molar-refractivity contribution in [3.8, 4) is 5.75 Å². The van der Waals surface area contributed by atoms with E-state index in [-0.39, 0.29) is 6.04 Å². The standard InChI is InChI=1S/C19H25NO/c1-4-8-15(2)20-19(16-9-6-5-7-10-16)17-11-13-18(21-3)14-12-17/h5-7,9-15,19-20H,4,8H2,1-3H3. The number of nitrogens with one attached hydrogen (secondary N) is 1. The Balaban J connectivity index is 2.26. The molecule has 0 saturated heterocycles. The topological polar surface area (TPSA) is 21.3 Å². The Labute approximate surface area is 128 Å². The third kappa shape index (κ3) is 4.33. The van der Waals surface area contributed by atoms with Gasteiger partial charge >= 0.3 is 0 Å². The van der Waals surface area contributed by atoms with Gasteiger partial charge in [-0.15, -0.1) is 0 Å². The highest BCUT2D eigenvalue weighted by atomic mass is 16.5. The van der Waals surface area contributed by atoms with Crippen LogP contribution in [-0.4, -0.2) is 13.2 Å². The van der Waals surface area contributed by atoms with Crippen molar-refractivity contribution < 1.29 is 4.74 Å². The zero-order valence-corrected chi connectivity index (χ0v) is 13.2. The molecular formula is C19H25NO. The minimum Gasteiger partial charge on any atom is -0.497 e. The van der Waals surface area contributed by atoms with Gasteiger partial charge in [0.05, 0.1) is 13.2 Å². The first kappa shape index (κ1) is 15.6. The zero-order valence-electron chi connectivity index (χ0n) is 13.2. The minimum atomic E-state index is 0.221. The minimum absolute atomic E-state index is 0.221. The Hall–Kier alpha value is -1.80. The highest BCUT2D eigenvalue weighted by Gasteiger charge is 2.16. The van der Waals surface area contributed by atoms with Gasteiger partial charge in [0.25, 0.3) is 0 Å². The number of hydrogen-bond donors (Lipinski definition) is 1. The van der Waals surface area contributed by atoms with Gasteiger partial charge in [-0.25, -0.2) is 0 Å². The first-order valence-electron chi connectivity index (χ1n) is 7.69. The van der Waals surface area contributed by atoms with E-state index in [1.807, 2.05) is 12.1 Å². The first-order chi connectivity index (χ1) is 10.2. The molecule has 0 spiro atoms. The number of methoxy groups -OCH3 is 1. The van der Waals surface area contributed by atoms with E-state index in [0.717, 1.165) is 5.75 Å². The van der Waals surface area contributed by atoms with Crippen LogP contribution < -0.4 is 10.1 Å². The summed E-state index contributed by atoms with van der Waals surface area (Å²) in [4.78, 5) is 0. The monoisotopic (exact) mass is 283 g/mol. The summed E-state index contributed by atoms with van der Waals surface area (Å²) in [5, 5.41) is 3.75. The molecule has 112 valence electrons. The summed E-state index contributed by atoms with van der Waals surface area (Å²) in [6, 6.07) is 19.7. The van der Waals surface area contributed by atoms with Crippen molar-refractivity contribution in [3.63, 3.8) is 0 Å². The molecule has 2 aromatic rings. The third-order valence-corrected chi connectivity index (χ3v) is 3.75. The zero-order chi connectivity index (χ0) is 15.1. The van der Waals surface area contributed by atoms with E-state index < -0.39 is 0 Å². The second-order valence-corrected chi connectivity index (χ2v) is 5.47. The lowest BCUT2D eigenvalue weighted by Crippen LogP contribution is -2.31. The van der Waals surface area contributed by atoms with E-state index in [4.69, 9.17) is 4.74 Å². The normalized spacial score (nSPS) is 13.7.